The Morgan fingerprint density at radius 3 is 3.11 bits per heavy atom. The molecule has 7 heteroatoms. The van der Waals surface area contributed by atoms with Gasteiger partial charge in [-0.15, -0.1) is 23.1 Å². The van der Waals surface area contributed by atoms with Gasteiger partial charge in [0.2, 0.25) is 0 Å². The summed E-state index contributed by atoms with van der Waals surface area (Å²) < 4.78 is 2.97. The number of anilines is 1. The van der Waals surface area contributed by atoms with Gasteiger partial charge in [-0.1, -0.05) is 6.07 Å². The Hall–Kier alpha value is -1.60. The van der Waals surface area contributed by atoms with E-state index in [1.165, 1.54) is 4.21 Å². The molecule has 0 atom stereocenters. The highest BCUT2D eigenvalue weighted by atomic mass is 32.2. The fourth-order valence-electron chi connectivity index (χ4n) is 1.64. The van der Waals surface area contributed by atoms with E-state index in [-0.39, 0.29) is 0 Å². The number of thioether (sulfide) groups is 1. The molecule has 3 aromatic rings. The molecule has 0 radical (unpaired) electrons. The second-order valence-electron chi connectivity index (χ2n) is 3.75. The third-order valence-electron chi connectivity index (χ3n) is 2.51. The Morgan fingerprint density at radius 2 is 2.33 bits per heavy atom. The molecule has 0 unspecified atom stereocenters. The molecule has 0 saturated carbocycles. The summed E-state index contributed by atoms with van der Waals surface area (Å²) in [5, 5.41) is 7.00. The van der Waals surface area contributed by atoms with Gasteiger partial charge < -0.3 is 5.73 Å². The Labute approximate surface area is 112 Å². The van der Waals surface area contributed by atoms with Crippen LogP contribution in [0.15, 0.2) is 27.9 Å². The Morgan fingerprint density at radius 1 is 1.44 bits per heavy atom. The molecular formula is C11H11N5S2. The van der Waals surface area contributed by atoms with Crippen LogP contribution in [0.3, 0.4) is 0 Å². The zero-order valence-electron chi connectivity index (χ0n) is 9.70. The van der Waals surface area contributed by atoms with E-state index in [0.717, 1.165) is 16.9 Å². The van der Waals surface area contributed by atoms with E-state index in [0.29, 0.717) is 11.6 Å². The van der Waals surface area contributed by atoms with E-state index in [9.17, 15) is 0 Å². The molecule has 3 rings (SSSR count). The molecule has 0 aromatic carbocycles. The highest BCUT2D eigenvalue weighted by molar-refractivity contribution is 8.00. The first-order chi connectivity index (χ1) is 8.74. The van der Waals surface area contributed by atoms with Gasteiger partial charge in [0, 0.05) is 7.05 Å². The van der Waals surface area contributed by atoms with Crippen LogP contribution >= 0.6 is 23.1 Å². The second-order valence-corrected chi connectivity index (χ2v) is 5.97. The summed E-state index contributed by atoms with van der Waals surface area (Å²) in [6.07, 6.45) is 1.70. The van der Waals surface area contributed by atoms with Crippen molar-refractivity contribution in [2.24, 2.45) is 7.05 Å². The van der Waals surface area contributed by atoms with Crippen molar-refractivity contribution in [3.8, 4) is 0 Å². The monoisotopic (exact) mass is 277 g/mol. The number of nitrogen functional groups attached to an aromatic ring is 1. The molecule has 5 nitrogen and oxygen atoms in total. The molecule has 0 amide bonds. The number of fused-ring (bicyclic) bond motifs is 1. The van der Waals surface area contributed by atoms with Gasteiger partial charge in [0.25, 0.3) is 0 Å². The van der Waals surface area contributed by atoms with E-state index in [4.69, 9.17) is 5.73 Å². The second kappa shape index (κ2) is 4.58. The maximum atomic E-state index is 5.91. The van der Waals surface area contributed by atoms with Crippen molar-refractivity contribution in [2.45, 2.75) is 9.96 Å². The molecule has 0 fully saturated rings. The first-order valence-corrected chi connectivity index (χ1v) is 7.21. The van der Waals surface area contributed by atoms with Crippen LogP contribution in [0.1, 0.15) is 5.82 Å². The van der Waals surface area contributed by atoms with Crippen LogP contribution < -0.4 is 5.73 Å². The first-order valence-electron chi connectivity index (χ1n) is 5.34. The van der Waals surface area contributed by atoms with E-state index in [1.807, 2.05) is 13.1 Å². The van der Waals surface area contributed by atoms with Gasteiger partial charge in [-0.25, -0.2) is 9.97 Å². The zero-order chi connectivity index (χ0) is 12.5. The molecule has 0 aliphatic heterocycles. The average Bonchev–Trinajstić information content (AvgIpc) is 2.98. The Balaban J connectivity index is 1.90. The van der Waals surface area contributed by atoms with Gasteiger partial charge in [-0.3, -0.25) is 4.68 Å². The number of nitrogens with zero attached hydrogens (tertiary/aromatic N) is 4. The summed E-state index contributed by atoms with van der Waals surface area (Å²) >= 11 is 3.43. The zero-order valence-corrected chi connectivity index (χ0v) is 11.3. The van der Waals surface area contributed by atoms with Crippen molar-refractivity contribution in [2.75, 3.05) is 5.73 Å². The van der Waals surface area contributed by atoms with Crippen molar-refractivity contribution < 1.29 is 0 Å². The SMILES string of the molecule is Cn1ncc2c(N)nc(CSc3cccs3)nc21. The standard InChI is InChI=1S/C11H11N5S2/c1-16-11-7(5-13-16)10(12)14-8(15-11)6-18-9-3-2-4-17-9/h2-5H,6H2,1H3,(H2,12,14,15). The van der Waals surface area contributed by atoms with Crippen LogP contribution in [0.2, 0.25) is 0 Å². The summed E-state index contributed by atoms with van der Waals surface area (Å²) in [6, 6.07) is 4.12. The summed E-state index contributed by atoms with van der Waals surface area (Å²) in [6.45, 7) is 0. The van der Waals surface area contributed by atoms with Crippen molar-refractivity contribution >= 4 is 39.9 Å². The van der Waals surface area contributed by atoms with Crippen LogP contribution in [0.5, 0.6) is 0 Å². The first kappa shape index (κ1) is 11.5. The molecule has 3 heterocycles. The molecule has 92 valence electrons. The number of thiophene rings is 1. The molecule has 0 spiro atoms. The summed E-state index contributed by atoms with van der Waals surface area (Å²) in [7, 11) is 1.85. The number of rotatable bonds is 3. The van der Waals surface area contributed by atoms with Crippen LogP contribution in [-0.4, -0.2) is 19.7 Å². The quantitative estimate of drug-likeness (QED) is 0.744. The van der Waals surface area contributed by atoms with E-state index in [2.05, 4.69) is 26.5 Å². The summed E-state index contributed by atoms with van der Waals surface area (Å²) in [5.74, 6) is 1.95. The minimum atomic E-state index is 0.495. The van der Waals surface area contributed by atoms with E-state index in [1.54, 1.807) is 34.0 Å². The summed E-state index contributed by atoms with van der Waals surface area (Å²) in [5.41, 5.74) is 6.69. The highest BCUT2D eigenvalue weighted by Crippen LogP contribution is 2.27. The van der Waals surface area contributed by atoms with Crippen LogP contribution in [0.25, 0.3) is 11.0 Å². The third-order valence-corrected chi connectivity index (χ3v) is 4.63. The van der Waals surface area contributed by atoms with Gasteiger partial charge in [-0.05, 0) is 11.4 Å². The van der Waals surface area contributed by atoms with Crippen LogP contribution in [0.4, 0.5) is 5.82 Å². The highest BCUT2D eigenvalue weighted by Gasteiger charge is 2.09. The minimum absolute atomic E-state index is 0.495. The number of hydrogen-bond acceptors (Lipinski definition) is 6. The summed E-state index contributed by atoms with van der Waals surface area (Å²) in [4.78, 5) is 8.80. The van der Waals surface area contributed by atoms with Gasteiger partial charge in [0.05, 0.1) is 21.5 Å². The lowest BCUT2D eigenvalue weighted by atomic mass is 10.4. The predicted octanol–water partition coefficient (Wildman–Crippen LogP) is 2.30. The molecule has 0 aliphatic rings. The van der Waals surface area contributed by atoms with Crippen molar-refractivity contribution in [1.82, 2.24) is 19.7 Å². The van der Waals surface area contributed by atoms with Crippen LogP contribution in [0, 0.1) is 0 Å². The van der Waals surface area contributed by atoms with Gasteiger partial charge >= 0.3 is 0 Å². The molecule has 18 heavy (non-hydrogen) atoms. The number of hydrogen-bond donors (Lipinski definition) is 1. The van der Waals surface area contributed by atoms with Crippen molar-refractivity contribution in [3.05, 3.63) is 29.5 Å². The molecular weight excluding hydrogens is 266 g/mol. The Kier molecular flexibility index (Phi) is 2.92. The lowest BCUT2D eigenvalue weighted by Gasteiger charge is -2.02. The topological polar surface area (TPSA) is 69.6 Å². The fourth-order valence-corrected chi connectivity index (χ4v) is 3.28. The van der Waals surface area contributed by atoms with Gasteiger partial charge in [0.15, 0.2) is 5.65 Å². The molecule has 3 aromatic heterocycles. The maximum Gasteiger partial charge on any atom is 0.163 e. The molecule has 2 N–H and O–H groups in total. The smallest absolute Gasteiger partial charge is 0.163 e. The number of aromatic nitrogens is 4. The predicted molar refractivity (Wildman–Crippen MR) is 74.6 cm³/mol. The maximum absolute atomic E-state index is 5.91. The molecule has 0 aliphatic carbocycles. The number of aryl methyl sites for hydroxylation is 1. The minimum Gasteiger partial charge on any atom is -0.383 e. The van der Waals surface area contributed by atoms with E-state index < -0.39 is 0 Å². The van der Waals surface area contributed by atoms with Gasteiger partial charge in [0.1, 0.15) is 11.6 Å². The molecule has 0 saturated heterocycles. The third kappa shape index (κ3) is 2.06. The van der Waals surface area contributed by atoms with E-state index >= 15 is 0 Å². The Bertz CT molecular complexity index is 674. The largest absolute Gasteiger partial charge is 0.383 e. The lowest BCUT2D eigenvalue weighted by molar-refractivity contribution is 0.782. The van der Waals surface area contributed by atoms with Crippen LogP contribution in [-0.2, 0) is 12.8 Å². The number of nitrogens with two attached hydrogens (primary N) is 1. The fraction of sp³-hybridized carbons (Fsp3) is 0.182. The van der Waals surface area contributed by atoms with Crippen molar-refractivity contribution in [3.63, 3.8) is 0 Å². The normalized spacial score (nSPS) is 11.2. The van der Waals surface area contributed by atoms with Crippen molar-refractivity contribution in [1.29, 1.82) is 0 Å². The molecule has 0 bridgehead atoms. The lowest BCUT2D eigenvalue weighted by Crippen LogP contribution is -2.01. The van der Waals surface area contributed by atoms with Gasteiger partial charge in [-0.2, -0.15) is 5.10 Å². The average molecular weight is 277 g/mol.